The van der Waals surface area contributed by atoms with Gasteiger partial charge in [0.1, 0.15) is 5.82 Å². The fraction of sp³-hybridized carbons (Fsp3) is 0.471. The van der Waals surface area contributed by atoms with Gasteiger partial charge in [-0.1, -0.05) is 0 Å². The number of piperidine rings is 1. The summed E-state index contributed by atoms with van der Waals surface area (Å²) in [7, 11) is -3.61. The molecule has 3 heterocycles. The van der Waals surface area contributed by atoms with E-state index in [9.17, 15) is 17.6 Å². The largest absolute Gasteiger partial charge is 0.378 e. The average Bonchev–Trinajstić information content (AvgIpc) is 2.93. The van der Waals surface area contributed by atoms with E-state index in [1.54, 1.807) is 0 Å². The number of halogens is 1. The summed E-state index contributed by atoms with van der Waals surface area (Å²) >= 11 is 0. The van der Waals surface area contributed by atoms with Gasteiger partial charge in [-0.15, -0.1) is 0 Å². The molecule has 2 aliphatic heterocycles. The van der Waals surface area contributed by atoms with Crippen molar-refractivity contribution in [3.05, 3.63) is 35.8 Å². The van der Waals surface area contributed by atoms with Crippen LogP contribution in [0.3, 0.4) is 0 Å². The van der Waals surface area contributed by atoms with E-state index in [2.05, 4.69) is 10.6 Å². The van der Waals surface area contributed by atoms with E-state index in [4.69, 9.17) is 4.74 Å². The van der Waals surface area contributed by atoms with Crippen molar-refractivity contribution in [2.45, 2.75) is 31.0 Å². The summed E-state index contributed by atoms with van der Waals surface area (Å²) in [5, 5.41) is 6.71. The molecule has 9 heteroatoms. The number of carbonyl (C=O) groups excluding carboxylic acids is 1. The maximum atomic E-state index is 13.7. The maximum absolute atomic E-state index is 13.7. The lowest BCUT2D eigenvalue weighted by atomic mass is 9.92. The molecular formula is C17H20FN3O4S. The molecule has 0 radical (unpaired) electrons. The van der Waals surface area contributed by atoms with Crippen molar-refractivity contribution in [2.24, 2.45) is 0 Å². The molecule has 2 N–H and O–H groups in total. The van der Waals surface area contributed by atoms with E-state index in [0.717, 1.165) is 23.1 Å². The van der Waals surface area contributed by atoms with Crippen molar-refractivity contribution in [1.29, 1.82) is 0 Å². The van der Waals surface area contributed by atoms with Crippen molar-refractivity contribution < 1.29 is 22.3 Å². The van der Waals surface area contributed by atoms with Gasteiger partial charge >= 0.3 is 0 Å². The zero-order valence-corrected chi connectivity index (χ0v) is 15.1. The molecule has 2 aromatic rings. The molecule has 1 amide bonds. The predicted molar refractivity (Wildman–Crippen MR) is 94.2 cm³/mol. The number of nitrogens with zero attached hydrogens (tertiary/aromatic N) is 1. The molecule has 0 spiro atoms. The zero-order valence-electron chi connectivity index (χ0n) is 14.2. The molecule has 2 fully saturated rings. The van der Waals surface area contributed by atoms with Crippen LogP contribution in [0, 0.1) is 5.82 Å². The second kappa shape index (κ2) is 6.33. The first-order chi connectivity index (χ1) is 12.3. The highest BCUT2D eigenvalue weighted by Gasteiger charge is 2.33. The van der Waals surface area contributed by atoms with E-state index >= 15 is 0 Å². The standard InChI is InChI=1S/C17H20FN3O4S/c1-26(23,24)21-7-15(14-4-10(18)2-3-16(14)21)17(22)20-11-5-12-8-25-9-13(6-11)19-12/h2-4,7,11-13,19H,5-6,8-9H2,1H3,(H,20,22)/t11?,12-,13+. The third kappa shape index (κ3) is 3.22. The van der Waals surface area contributed by atoms with Gasteiger partial charge in [-0.05, 0) is 31.0 Å². The van der Waals surface area contributed by atoms with Gasteiger partial charge in [0.2, 0.25) is 10.0 Å². The highest BCUT2D eigenvalue weighted by molar-refractivity contribution is 7.89. The van der Waals surface area contributed by atoms with Crippen molar-refractivity contribution >= 4 is 26.8 Å². The molecule has 1 unspecified atom stereocenters. The summed E-state index contributed by atoms with van der Waals surface area (Å²) in [4.78, 5) is 12.8. The lowest BCUT2D eigenvalue weighted by Crippen LogP contribution is -2.58. The Kier molecular flexibility index (Phi) is 4.25. The summed E-state index contributed by atoms with van der Waals surface area (Å²) in [6.45, 7) is 1.23. The smallest absolute Gasteiger partial charge is 0.253 e. The monoisotopic (exact) mass is 381 g/mol. The number of benzene rings is 1. The fourth-order valence-corrected chi connectivity index (χ4v) is 4.66. The quantitative estimate of drug-likeness (QED) is 0.822. The molecule has 26 heavy (non-hydrogen) atoms. The summed E-state index contributed by atoms with van der Waals surface area (Å²) in [5.74, 6) is -0.916. The van der Waals surface area contributed by atoms with Crippen LogP contribution in [0.1, 0.15) is 23.2 Å². The number of morpholine rings is 1. The molecule has 2 bridgehead atoms. The van der Waals surface area contributed by atoms with E-state index in [0.29, 0.717) is 13.2 Å². The Hall–Kier alpha value is -1.97. The van der Waals surface area contributed by atoms with Crippen LogP contribution in [0.5, 0.6) is 0 Å². The zero-order chi connectivity index (χ0) is 18.5. The minimum atomic E-state index is -3.61. The highest BCUT2D eigenvalue weighted by atomic mass is 32.2. The van der Waals surface area contributed by atoms with Gasteiger partial charge in [0.05, 0.1) is 30.5 Å². The van der Waals surface area contributed by atoms with Gasteiger partial charge < -0.3 is 15.4 Å². The van der Waals surface area contributed by atoms with E-state index in [1.165, 1.54) is 24.4 Å². The van der Waals surface area contributed by atoms with Gasteiger partial charge in [-0.25, -0.2) is 16.8 Å². The first kappa shape index (κ1) is 17.4. The molecule has 0 aliphatic carbocycles. The first-order valence-electron chi connectivity index (χ1n) is 8.47. The van der Waals surface area contributed by atoms with E-state index < -0.39 is 21.7 Å². The number of amides is 1. The van der Waals surface area contributed by atoms with E-state index in [1.807, 2.05) is 0 Å². The van der Waals surface area contributed by atoms with Crippen molar-refractivity contribution in [1.82, 2.24) is 14.6 Å². The lowest BCUT2D eigenvalue weighted by Gasteiger charge is -2.40. The van der Waals surface area contributed by atoms with Gasteiger partial charge in [-0.2, -0.15) is 0 Å². The Balaban J connectivity index is 1.65. The van der Waals surface area contributed by atoms with Gasteiger partial charge in [0.15, 0.2) is 0 Å². The van der Waals surface area contributed by atoms with Crippen LogP contribution >= 0.6 is 0 Å². The minimum absolute atomic E-state index is 0.0344. The van der Waals surface area contributed by atoms with Gasteiger partial charge in [0.25, 0.3) is 5.91 Å². The number of fused-ring (bicyclic) bond motifs is 3. The first-order valence-corrected chi connectivity index (χ1v) is 10.3. The normalized spacial score (nSPS) is 26.0. The predicted octanol–water partition coefficient (Wildman–Crippen LogP) is 0.837. The van der Waals surface area contributed by atoms with Gasteiger partial charge in [-0.3, -0.25) is 4.79 Å². The Morgan fingerprint density at radius 2 is 2.00 bits per heavy atom. The molecule has 4 rings (SSSR count). The molecule has 1 aromatic carbocycles. The maximum Gasteiger partial charge on any atom is 0.253 e. The number of aromatic nitrogens is 1. The molecule has 7 nitrogen and oxygen atoms in total. The summed E-state index contributed by atoms with van der Waals surface area (Å²) in [5.41, 5.74) is 0.444. The molecule has 2 aliphatic rings. The Morgan fingerprint density at radius 3 is 2.65 bits per heavy atom. The van der Waals surface area contributed by atoms with Crippen LogP contribution in [-0.4, -0.2) is 55.9 Å². The van der Waals surface area contributed by atoms with Gasteiger partial charge in [0, 0.05) is 29.7 Å². The van der Waals surface area contributed by atoms with Crippen LogP contribution in [0.15, 0.2) is 24.4 Å². The fourth-order valence-electron chi connectivity index (χ4n) is 3.85. The summed E-state index contributed by atoms with van der Waals surface area (Å²) in [6.07, 6.45) is 3.79. The number of nitrogens with one attached hydrogen (secondary N) is 2. The average molecular weight is 381 g/mol. The van der Waals surface area contributed by atoms with Crippen molar-refractivity contribution in [3.63, 3.8) is 0 Å². The topological polar surface area (TPSA) is 89.4 Å². The second-order valence-electron chi connectivity index (χ2n) is 7.00. The number of ether oxygens (including phenoxy) is 1. The van der Waals surface area contributed by atoms with E-state index in [-0.39, 0.29) is 34.6 Å². The molecule has 140 valence electrons. The molecular weight excluding hydrogens is 361 g/mol. The Morgan fingerprint density at radius 1 is 1.31 bits per heavy atom. The van der Waals surface area contributed by atoms with Crippen LogP contribution in [0.4, 0.5) is 4.39 Å². The number of carbonyl (C=O) groups is 1. The number of hydrogen-bond acceptors (Lipinski definition) is 5. The third-order valence-electron chi connectivity index (χ3n) is 4.92. The van der Waals surface area contributed by atoms with Crippen LogP contribution in [0.25, 0.3) is 10.9 Å². The molecule has 2 saturated heterocycles. The summed E-state index contributed by atoms with van der Waals surface area (Å²) in [6, 6.07) is 4.10. The number of hydrogen-bond donors (Lipinski definition) is 2. The summed E-state index contributed by atoms with van der Waals surface area (Å²) < 4.78 is 44.2. The third-order valence-corrected chi connectivity index (χ3v) is 5.93. The van der Waals surface area contributed by atoms with Crippen molar-refractivity contribution in [3.8, 4) is 0 Å². The molecule has 0 saturated carbocycles. The Labute approximate surface area is 150 Å². The minimum Gasteiger partial charge on any atom is -0.378 e. The molecule has 1 aromatic heterocycles. The van der Waals surface area contributed by atoms with Crippen molar-refractivity contribution in [2.75, 3.05) is 19.5 Å². The van der Waals surface area contributed by atoms with Crippen LogP contribution in [0.2, 0.25) is 0 Å². The van der Waals surface area contributed by atoms with Crippen LogP contribution in [-0.2, 0) is 14.8 Å². The lowest BCUT2D eigenvalue weighted by molar-refractivity contribution is 0.0148. The number of rotatable bonds is 3. The highest BCUT2D eigenvalue weighted by Crippen LogP contribution is 2.25. The SMILES string of the molecule is CS(=O)(=O)n1cc(C(=O)NC2C[C@H]3COC[C@@H](C2)N3)c2cc(F)ccc21. The molecule has 3 atom stereocenters. The second-order valence-corrected chi connectivity index (χ2v) is 8.86. The van der Waals surface area contributed by atoms with Crippen LogP contribution < -0.4 is 10.6 Å². The Bertz CT molecular complexity index is 960.